The van der Waals surface area contributed by atoms with Crippen molar-refractivity contribution in [1.29, 1.82) is 0 Å². The van der Waals surface area contributed by atoms with Gasteiger partial charge < -0.3 is 9.16 Å². The third kappa shape index (κ3) is 7.06. The van der Waals surface area contributed by atoms with E-state index in [2.05, 4.69) is 26.9 Å². The van der Waals surface area contributed by atoms with Crippen LogP contribution in [-0.4, -0.2) is 34.7 Å². The minimum absolute atomic E-state index is 0.0567. The Kier molecular flexibility index (Phi) is 7.76. The summed E-state index contributed by atoms with van der Waals surface area (Å²) in [4.78, 5) is 11.6. The second-order valence-electron chi connectivity index (χ2n) is 4.67. The molecule has 0 spiro atoms. The van der Waals surface area contributed by atoms with E-state index in [1.165, 1.54) is 0 Å². The predicted molar refractivity (Wildman–Crippen MR) is 70.1 cm³/mol. The average Bonchev–Trinajstić information content (AvgIpc) is 2.26. The molecule has 1 atom stereocenters. The van der Waals surface area contributed by atoms with Gasteiger partial charge in [-0.25, -0.2) is 0 Å². The van der Waals surface area contributed by atoms with E-state index >= 15 is 0 Å². The first-order valence-electron chi connectivity index (χ1n) is 5.99. The van der Waals surface area contributed by atoms with Crippen LogP contribution >= 0.6 is 0 Å². The molecule has 1 radical (unpaired) electrons. The summed E-state index contributed by atoms with van der Waals surface area (Å²) in [5.41, 5.74) is 0. The maximum atomic E-state index is 11.6. The van der Waals surface area contributed by atoms with Crippen molar-refractivity contribution in [2.24, 2.45) is 5.92 Å². The molecule has 0 aliphatic carbocycles. The second kappa shape index (κ2) is 7.90. The molecule has 5 heteroatoms. The third-order valence-corrected chi connectivity index (χ3v) is 4.90. The van der Waals surface area contributed by atoms with E-state index in [1.807, 2.05) is 6.92 Å². The van der Waals surface area contributed by atoms with Gasteiger partial charge in [-0.2, -0.15) is 0 Å². The molecule has 3 nitrogen and oxygen atoms in total. The van der Waals surface area contributed by atoms with Gasteiger partial charge in [0, 0.05) is 13.0 Å². The fraction of sp³-hybridized carbons (Fsp3) is 0.909. The summed E-state index contributed by atoms with van der Waals surface area (Å²) in [6.45, 7) is 10.9. The number of ether oxygens (including phenoxy) is 1. The van der Waals surface area contributed by atoms with Crippen LogP contribution in [0.5, 0.6) is 0 Å². The number of rotatable bonds is 8. The van der Waals surface area contributed by atoms with Gasteiger partial charge in [0.25, 0.3) is 0 Å². The first-order valence-corrected chi connectivity index (χ1v) is 8.97. The molecule has 0 saturated carbocycles. The highest BCUT2D eigenvalue weighted by atomic mass is 28.3. The molecule has 0 aliphatic rings. The van der Waals surface area contributed by atoms with Crippen LogP contribution in [0.25, 0.3) is 0 Å². The number of carbonyl (C=O) groups excluding carboxylic acids is 1. The van der Waals surface area contributed by atoms with Crippen molar-refractivity contribution >= 4 is 21.0 Å². The van der Waals surface area contributed by atoms with Crippen LogP contribution in [0.3, 0.4) is 0 Å². The predicted octanol–water partition coefficient (Wildman–Crippen LogP) is 2.44. The molecule has 16 heavy (non-hydrogen) atoms. The maximum absolute atomic E-state index is 11.6. The minimum Gasteiger partial charge on any atom is -0.465 e. The van der Waals surface area contributed by atoms with Crippen molar-refractivity contribution in [1.82, 2.24) is 0 Å². The molecule has 0 heterocycles. The van der Waals surface area contributed by atoms with Crippen LogP contribution in [0.1, 0.15) is 26.7 Å². The number of hydrogen-bond donors (Lipinski definition) is 0. The van der Waals surface area contributed by atoms with Gasteiger partial charge >= 0.3 is 5.97 Å². The Hall–Kier alpha value is -0.288. The van der Waals surface area contributed by atoms with E-state index in [0.717, 1.165) is 19.2 Å². The first-order chi connectivity index (χ1) is 7.43. The second-order valence-corrected chi connectivity index (χ2v) is 8.69. The summed E-state index contributed by atoms with van der Waals surface area (Å²) >= 11 is 0. The van der Waals surface area contributed by atoms with Crippen molar-refractivity contribution in [3.05, 3.63) is 0 Å². The number of hydrogen-bond acceptors (Lipinski definition) is 3. The summed E-state index contributed by atoms with van der Waals surface area (Å²) < 4.78 is 10.6. The van der Waals surface area contributed by atoms with Gasteiger partial charge in [-0.3, -0.25) is 4.79 Å². The summed E-state index contributed by atoms with van der Waals surface area (Å²) in [5, 5.41) is 0. The zero-order valence-corrected chi connectivity index (χ0v) is 12.2. The van der Waals surface area contributed by atoms with Crippen LogP contribution < -0.4 is 0 Å². The summed E-state index contributed by atoms with van der Waals surface area (Å²) in [6, 6.07) is 0. The van der Waals surface area contributed by atoms with Gasteiger partial charge in [0.15, 0.2) is 0 Å². The largest absolute Gasteiger partial charge is 0.465 e. The van der Waals surface area contributed by atoms with E-state index in [4.69, 9.17) is 9.16 Å². The maximum Gasteiger partial charge on any atom is 0.307 e. The molecule has 0 bridgehead atoms. The zero-order valence-electron chi connectivity index (χ0n) is 11.2. The van der Waals surface area contributed by atoms with Crippen molar-refractivity contribution in [3.8, 4) is 0 Å². The fourth-order valence-electron chi connectivity index (χ4n) is 1.10. The number of esters is 1. The van der Waals surface area contributed by atoms with Gasteiger partial charge in [0.05, 0.1) is 6.61 Å². The Balaban J connectivity index is 3.79. The van der Waals surface area contributed by atoms with Crippen molar-refractivity contribution in [3.63, 3.8) is 0 Å². The van der Waals surface area contributed by atoms with Gasteiger partial charge in [-0.1, -0.05) is 39.7 Å². The van der Waals surface area contributed by atoms with Gasteiger partial charge in [0.1, 0.15) is 15.1 Å². The molecule has 0 N–H and O–H groups in total. The van der Waals surface area contributed by atoms with Crippen LogP contribution in [0.15, 0.2) is 0 Å². The van der Waals surface area contributed by atoms with E-state index in [1.54, 1.807) is 7.11 Å². The van der Waals surface area contributed by atoms with E-state index in [-0.39, 0.29) is 11.9 Å². The average molecular weight is 243 g/mol. The Bertz CT molecular complexity index is 209. The molecule has 0 aromatic carbocycles. The normalized spacial score (nSPS) is 13.3. The fourth-order valence-corrected chi connectivity index (χ4v) is 2.19. The Morgan fingerprint density at radius 2 is 2.06 bits per heavy atom. The van der Waals surface area contributed by atoms with Crippen molar-refractivity contribution < 1.29 is 14.0 Å². The zero-order chi connectivity index (χ0) is 12.6. The molecule has 0 aliphatic heterocycles. The quantitative estimate of drug-likeness (QED) is 0.373. The summed E-state index contributed by atoms with van der Waals surface area (Å²) in [7, 11) is 0.0723. The highest BCUT2D eigenvalue weighted by molar-refractivity contribution is 7.20. The molecule has 0 fully saturated rings. The van der Waals surface area contributed by atoms with Crippen molar-refractivity contribution in [2.75, 3.05) is 13.7 Å². The molecular formula is C11H24BO3Si. The molecular weight excluding hydrogens is 219 g/mol. The van der Waals surface area contributed by atoms with E-state index < -0.39 is 8.19 Å². The standard InChI is InChI=1S/C11H24BO3Si/c1-6-7-8-15-11(13)10(2)9-12-16(4,5)14-3/h10H,6-9H2,1-5H3. The van der Waals surface area contributed by atoms with Crippen LogP contribution in [-0.2, 0) is 14.0 Å². The lowest BCUT2D eigenvalue weighted by Crippen LogP contribution is -2.38. The Labute approximate surface area is 101 Å². The lowest BCUT2D eigenvalue weighted by molar-refractivity contribution is -0.147. The third-order valence-electron chi connectivity index (χ3n) is 2.63. The molecule has 0 aromatic heterocycles. The van der Waals surface area contributed by atoms with Crippen LogP contribution in [0, 0.1) is 5.92 Å². The van der Waals surface area contributed by atoms with Crippen LogP contribution in [0.2, 0.25) is 19.4 Å². The van der Waals surface area contributed by atoms with Gasteiger partial charge in [-0.15, -0.1) is 0 Å². The van der Waals surface area contributed by atoms with Gasteiger partial charge in [-0.05, 0) is 6.42 Å². The molecule has 0 rings (SSSR count). The lowest BCUT2D eigenvalue weighted by atomic mass is 9.91. The van der Waals surface area contributed by atoms with E-state index in [9.17, 15) is 4.79 Å². The van der Waals surface area contributed by atoms with Gasteiger partial charge in [0.2, 0.25) is 0 Å². The molecule has 0 aromatic rings. The molecule has 1 unspecified atom stereocenters. The number of carbonyl (C=O) groups is 1. The minimum atomic E-state index is -1.66. The molecule has 0 saturated heterocycles. The SMILES string of the molecule is CCCCOC(=O)C(C)C[B][Si](C)(C)OC. The monoisotopic (exact) mass is 243 g/mol. The van der Waals surface area contributed by atoms with Crippen molar-refractivity contribution in [2.45, 2.75) is 46.1 Å². The molecule has 0 amide bonds. The smallest absolute Gasteiger partial charge is 0.307 e. The Morgan fingerprint density at radius 1 is 1.44 bits per heavy atom. The highest BCUT2D eigenvalue weighted by Gasteiger charge is 2.25. The van der Waals surface area contributed by atoms with E-state index in [0.29, 0.717) is 6.61 Å². The Morgan fingerprint density at radius 3 is 2.56 bits per heavy atom. The number of unbranched alkanes of at least 4 members (excludes halogenated alkanes) is 1. The van der Waals surface area contributed by atoms with Crippen LogP contribution in [0.4, 0.5) is 0 Å². The highest BCUT2D eigenvalue weighted by Crippen LogP contribution is 2.10. The topological polar surface area (TPSA) is 35.5 Å². The first kappa shape index (κ1) is 15.7. The summed E-state index contributed by atoms with van der Waals surface area (Å²) in [5.74, 6) is -0.149. The lowest BCUT2D eigenvalue weighted by Gasteiger charge is -2.20. The summed E-state index contributed by atoms with van der Waals surface area (Å²) in [6.07, 6.45) is 2.75. The molecule has 93 valence electrons.